The van der Waals surface area contributed by atoms with E-state index in [2.05, 4.69) is 0 Å². The summed E-state index contributed by atoms with van der Waals surface area (Å²) in [6, 6.07) is 0. The van der Waals surface area contributed by atoms with E-state index in [0.717, 1.165) is 50.0 Å². The molecule has 0 aliphatic carbocycles. The third kappa shape index (κ3) is 23.4. The van der Waals surface area contributed by atoms with Gasteiger partial charge in [0.15, 0.2) is 0 Å². The number of carbonyl (C=O) groups is 1. The number of rotatable bonds is 23. The first-order valence-electron chi connectivity index (χ1n) is 10.1. The Morgan fingerprint density at radius 2 is 1.47 bits per heavy atom. The Morgan fingerprint density at radius 1 is 0.867 bits per heavy atom. The number of phosphoric acid groups is 1. The van der Waals surface area contributed by atoms with Gasteiger partial charge in [0.1, 0.15) is 5.78 Å². The van der Waals surface area contributed by atoms with Crippen molar-refractivity contribution in [2.24, 2.45) is 0 Å². The van der Waals surface area contributed by atoms with Gasteiger partial charge in [-0.1, -0.05) is 40.9 Å². The van der Waals surface area contributed by atoms with Crippen LogP contribution in [0.1, 0.15) is 58.3 Å². The Morgan fingerprint density at radius 3 is 2.17 bits per heavy atom. The molecule has 0 aromatic rings. The zero-order chi connectivity index (χ0) is 22.5. The molecule has 0 aromatic heterocycles. The van der Waals surface area contributed by atoms with Crippen LogP contribution in [0.15, 0.2) is 0 Å². The van der Waals surface area contributed by atoms with E-state index in [-0.39, 0.29) is 32.2 Å². The van der Waals surface area contributed by atoms with E-state index in [9.17, 15) is 19.1 Å². The monoisotopic (exact) mass is 510 g/mol. The van der Waals surface area contributed by atoms with Crippen LogP contribution in [-0.4, -0.2) is 65.2 Å². The van der Waals surface area contributed by atoms with E-state index in [1.807, 2.05) is 0 Å². The zero-order valence-corrected chi connectivity index (χ0v) is 21.0. The summed E-state index contributed by atoms with van der Waals surface area (Å²) in [4.78, 5) is 30.0. The molecule has 0 bridgehead atoms. The third-order valence-electron chi connectivity index (χ3n) is 3.51. The number of hydrogen-bond acceptors (Lipinski definition) is 10. The molecule has 0 aliphatic heterocycles. The number of aliphatic hydroxyl groups excluding tert-OH is 1. The van der Waals surface area contributed by atoms with Crippen LogP contribution in [0.3, 0.4) is 0 Å². The maximum absolute atomic E-state index is 11.7. The smallest absolute Gasteiger partial charge is 0.396 e. The fourth-order valence-electron chi connectivity index (χ4n) is 2.03. The highest BCUT2D eigenvalue weighted by Crippen LogP contribution is 2.43. The van der Waals surface area contributed by atoms with E-state index in [4.69, 9.17) is 23.2 Å². The topological polar surface area (TPSA) is 132 Å². The lowest BCUT2D eigenvalue weighted by Gasteiger charge is -2.13. The molecule has 0 rings (SSSR count). The largest absolute Gasteiger partial charge is 0.472 e. The lowest BCUT2D eigenvalue weighted by atomic mass is 10.1. The minimum absolute atomic E-state index is 0.0848. The Balaban J connectivity index is 3.48. The molecular formula is C17H36O9P2S2. The number of phosphoric ester groups is 1. The molecule has 0 amide bonds. The molecule has 3 N–H and O–H groups in total. The summed E-state index contributed by atoms with van der Waals surface area (Å²) < 4.78 is 31.5. The lowest BCUT2D eigenvalue weighted by Crippen LogP contribution is -2.04. The Labute approximate surface area is 189 Å². The summed E-state index contributed by atoms with van der Waals surface area (Å²) in [5, 5.41) is 8.66. The number of carbonyl (C=O) groups excluding carboxylic acids is 1. The highest BCUT2D eigenvalue weighted by atomic mass is 33.1. The molecular weight excluding hydrogens is 474 g/mol. The van der Waals surface area contributed by atoms with Crippen LogP contribution < -0.4 is 0 Å². The predicted molar refractivity (Wildman–Crippen MR) is 122 cm³/mol. The van der Waals surface area contributed by atoms with E-state index in [1.165, 1.54) is 0 Å². The van der Waals surface area contributed by atoms with Gasteiger partial charge in [0.25, 0.3) is 0 Å². The van der Waals surface area contributed by atoms with Gasteiger partial charge in [-0.15, -0.1) is 0 Å². The van der Waals surface area contributed by atoms with E-state index < -0.39 is 16.4 Å². The summed E-state index contributed by atoms with van der Waals surface area (Å²) in [5.41, 5.74) is 0. The van der Waals surface area contributed by atoms with E-state index >= 15 is 0 Å². The Hall–Kier alpha value is 0.750. The van der Waals surface area contributed by atoms with Gasteiger partial charge in [-0.05, 0) is 32.6 Å². The maximum atomic E-state index is 11.7. The SMILES string of the molecule is CC(=O)CCCCCCCOP(O)OCCOP(=O)(O)OCCCSSCCCO. The predicted octanol–water partition coefficient (Wildman–Crippen LogP) is 4.46. The molecule has 0 radical (unpaired) electrons. The first kappa shape index (κ1) is 30.8. The summed E-state index contributed by atoms with van der Waals surface area (Å²) in [6.07, 6.45) is 6.66. The summed E-state index contributed by atoms with van der Waals surface area (Å²) >= 11 is 0. The zero-order valence-electron chi connectivity index (χ0n) is 17.6. The van der Waals surface area contributed by atoms with Crippen molar-refractivity contribution in [1.82, 2.24) is 0 Å². The average Bonchev–Trinajstić information content (AvgIpc) is 2.69. The van der Waals surface area contributed by atoms with Crippen molar-refractivity contribution in [3.8, 4) is 0 Å². The van der Waals surface area contributed by atoms with Crippen LogP contribution >= 0.6 is 38.0 Å². The van der Waals surface area contributed by atoms with Gasteiger partial charge in [-0.3, -0.25) is 9.05 Å². The van der Waals surface area contributed by atoms with Crippen LogP contribution in [0.5, 0.6) is 0 Å². The number of Topliss-reactive ketones (excluding diaryl/α,β-unsaturated/α-hetero) is 1. The van der Waals surface area contributed by atoms with E-state index in [0.29, 0.717) is 19.4 Å². The van der Waals surface area contributed by atoms with Crippen molar-refractivity contribution in [1.29, 1.82) is 0 Å². The van der Waals surface area contributed by atoms with E-state index in [1.54, 1.807) is 28.5 Å². The van der Waals surface area contributed by atoms with Gasteiger partial charge >= 0.3 is 16.4 Å². The van der Waals surface area contributed by atoms with Gasteiger partial charge < -0.3 is 28.7 Å². The van der Waals surface area contributed by atoms with Gasteiger partial charge in [-0.2, -0.15) is 0 Å². The first-order chi connectivity index (χ1) is 14.4. The summed E-state index contributed by atoms with van der Waals surface area (Å²) in [5.74, 6) is 1.85. The molecule has 0 saturated heterocycles. The molecule has 0 heterocycles. The molecule has 180 valence electrons. The van der Waals surface area contributed by atoms with Crippen molar-refractivity contribution in [3.63, 3.8) is 0 Å². The fourth-order valence-corrected chi connectivity index (χ4v) is 5.49. The van der Waals surface area contributed by atoms with Gasteiger partial charge in [0.2, 0.25) is 0 Å². The van der Waals surface area contributed by atoms with Crippen LogP contribution in [-0.2, 0) is 27.5 Å². The molecule has 0 saturated carbocycles. The van der Waals surface area contributed by atoms with Crippen LogP contribution in [0.25, 0.3) is 0 Å². The molecule has 9 nitrogen and oxygen atoms in total. The minimum atomic E-state index is -4.13. The molecule has 2 atom stereocenters. The molecule has 13 heteroatoms. The minimum Gasteiger partial charge on any atom is -0.396 e. The Bertz CT molecular complexity index is 461. The second-order valence-corrected chi connectivity index (χ2v) is 11.5. The first-order valence-corrected chi connectivity index (χ1v) is 15.2. The molecule has 0 fully saturated rings. The van der Waals surface area contributed by atoms with Crippen LogP contribution in [0.4, 0.5) is 0 Å². The lowest BCUT2D eigenvalue weighted by molar-refractivity contribution is -0.117. The van der Waals surface area contributed by atoms with Crippen LogP contribution in [0, 0.1) is 0 Å². The van der Waals surface area contributed by atoms with Gasteiger partial charge in [-0.25, -0.2) is 4.57 Å². The fraction of sp³-hybridized carbons (Fsp3) is 0.941. The summed E-state index contributed by atoms with van der Waals surface area (Å²) in [6.45, 7) is 1.97. The highest BCUT2D eigenvalue weighted by Gasteiger charge is 2.20. The van der Waals surface area contributed by atoms with Gasteiger partial charge in [0.05, 0.1) is 26.4 Å². The molecule has 0 aliphatic rings. The molecule has 30 heavy (non-hydrogen) atoms. The summed E-state index contributed by atoms with van der Waals surface area (Å²) in [7, 11) is -2.91. The number of unbranched alkanes of at least 4 members (excludes halogenated alkanes) is 4. The standard InChI is InChI=1S/C17H36O9P2S2/c1-17(19)9-5-3-2-4-6-11-23-27(20)24-13-14-26-28(21,22)25-12-8-16-30-29-15-7-10-18/h18,20H,2-16H2,1H3,(H,21,22). The third-order valence-corrected chi connectivity index (χ3v) is 7.91. The number of ketones is 1. The van der Waals surface area contributed by atoms with Crippen molar-refractivity contribution >= 4 is 43.8 Å². The molecule has 0 spiro atoms. The van der Waals surface area contributed by atoms with Crippen molar-refractivity contribution in [3.05, 3.63) is 0 Å². The second-order valence-electron chi connectivity index (χ2n) is 6.33. The van der Waals surface area contributed by atoms with Crippen molar-refractivity contribution in [2.45, 2.75) is 58.3 Å². The van der Waals surface area contributed by atoms with Crippen molar-refractivity contribution in [2.75, 3.05) is 44.5 Å². The quantitative estimate of drug-likeness (QED) is 0.102. The Kier molecular flexibility index (Phi) is 22.1. The normalized spacial score (nSPS) is 14.5. The average molecular weight is 511 g/mol. The second kappa shape index (κ2) is 21.6. The number of hydrogen-bond donors (Lipinski definition) is 3. The van der Waals surface area contributed by atoms with Crippen LogP contribution in [0.2, 0.25) is 0 Å². The molecule has 0 aromatic carbocycles. The molecule has 2 unspecified atom stereocenters. The van der Waals surface area contributed by atoms with Gasteiger partial charge in [0, 0.05) is 24.5 Å². The number of aliphatic hydroxyl groups is 1. The van der Waals surface area contributed by atoms with Crippen molar-refractivity contribution < 1.29 is 42.3 Å². The highest BCUT2D eigenvalue weighted by molar-refractivity contribution is 8.76. The maximum Gasteiger partial charge on any atom is 0.472 e.